The van der Waals surface area contributed by atoms with Gasteiger partial charge in [-0.15, -0.1) is 0 Å². The lowest BCUT2D eigenvalue weighted by atomic mass is 9.91. The molecule has 5 heteroatoms. The van der Waals surface area contributed by atoms with Gasteiger partial charge in [-0.05, 0) is 34.9 Å². The van der Waals surface area contributed by atoms with Crippen molar-refractivity contribution in [2.45, 2.75) is 27.2 Å². The number of hydrogen-bond donors (Lipinski definition) is 1. The van der Waals surface area contributed by atoms with Crippen molar-refractivity contribution in [3.8, 4) is 11.5 Å². The SMILES string of the molecule is COc1cc(/C(=C/C(C)C)C(=O)O)c2cccc(Cc3ccccc3)c2c1OC(C)=O. The third-order valence-corrected chi connectivity index (χ3v) is 4.89. The van der Waals surface area contributed by atoms with Crippen LogP contribution in [0.2, 0.25) is 0 Å². The minimum absolute atomic E-state index is 0.0350. The second-order valence-corrected chi connectivity index (χ2v) is 7.68. The van der Waals surface area contributed by atoms with Gasteiger partial charge in [-0.3, -0.25) is 4.79 Å². The Bertz CT molecular complexity index is 1140. The van der Waals surface area contributed by atoms with Crippen molar-refractivity contribution in [2.24, 2.45) is 5.92 Å². The molecule has 31 heavy (non-hydrogen) atoms. The maximum Gasteiger partial charge on any atom is 0.336 e. The summed E-state index contributed by atoms with van der Waals surface area (Å²) in [6.45, 7) is 5.19. The van der Waals surface area contributed by atoms with Crippen molar-refractivity contribution in [3.63, 3.8) is 0 Å². The van der Waals surface area contributed by atoms with Crippen molar-refractivity contribution in [1.82, 2.24) is 0 Å². The van der Waals surface area contributed by atoms with E-state index in [0.717, 1.165) is 11.1 Å². The summed E-state index contributed by atoms with van der Waals surface area (Å²) in [5, 5.41) is 11.3. The number of carbonyl (C=O) groups excluding carboxylic acids is 1. The van der Waals surface area contributed by atoms with E-state index in [4.69, 9.17) is 9.47 Å². The summed E-state index contributed by atoms with van der Waals surface area (Å²) in [6, 6.07) is 17.3. The fraction of sp³-hybridized carbons (Fsp3) is 0.231. The van der Waals surface area contributed by atoms with Gasteiger partial charge in [0.2, 0.25) is 0 Å². The highest BCUT2D eigenvalue weighted by Crippen LogP contribution is 2.43. The van der Waals surface area contributed by atoms with Crippen LogP contribution in [0, 0.1) is 5.92 Å². The minimum atomic E-state index is -1.02. The molecule has 1 N–H and O–H groups in total. The van der Waals surface area contributed by atoms with Gasteiger partial charge in [0.25, 0.3) is 0 Å². The molecule has 0 aromatic heterocycles. The lowest BCUT2D eigenvalue weighted by Crippen LogP contribution is -2.08. The first-order chi connectivity index (χ1) is 14.8. The lowest BCUT2D eigenvalue weighted by molar-refractivity contribution is -0.132. The molecule has 0 fully saturated rings. The number of carboxylic acid groups (broad SMARTS) is 1. The number of methoxy groups -OCH3 is 1. The van der Waals surface area contributed by atoms with Crippen LogP contribution in [0.15, 0.2) is 60.7 Å². The monoisotopic (exact) mass is 418 g/mol. The van der Waals surface area contributed by atoms with E-state index in [2.05, 4.69) is 0 Å². The number of ether oxygens (including phenoxy) is 2. The second-order valence-electron chi connectivity index (χ2n) is 7.68. The number of fused-ring (bicyclic) bond motifs is 1. The Morgan fingerprint density at radius 2 is 1.77 bits per heavy atom. The third kappa shape index (κ3) is 4.94. The maximum atomic E-state index is 12.1. The highest BCUT2D eigenvalue weighted by atomic mass is 16.6. The number of aliphatic carboxylic acids is 1. The van der Waals surface area contributed by atoms with Gasteiger partial charge in [-0.2, -0.15) is 0 Å². The molecular formula is C26H26O5. The predicted octanol–water partition coefficient (Wildman–Crippen LogP) is 5.49. The van der Waals surface area contributed by atoms with E-state index in [0.29, 0.717) is 34.3 Å². The Hall–Kier alpha value is -3.60. The summed E-state index contributed by atoms with van der Waals surface area (Å²) in [5.41, 5.74) is 2.71. The highest BCUT2D eigenvalue weighted by molar-refractivity contribution is 6.20. The third-order valence-electron chi connectivity index (χ3n) is 4.89. The van der Waals surface area contributed by atoms with Crippen molar-refractivity contribution in [2.75, 3.05) is 7.11 Å². The van der Waals surface area contributed by atoms with Crippen LogP contribution in [0.4, 0.5) is 0 Å². The van der Waals surface area contributed by atoms with Crippen molar-refractivity contribution in [3.05, 3.63) is 77.4 Å². The molecule has 160 valence electrons. The van der Waals surface area contributed by atoms with Gasteiger partial charge in [0.1, 0.15) is 0 Å². The number of hydrogen-bond acceptors (Lipinski definition) is 4. The second kappa shape index (κ2) is 9.47. The zero-order chi connectivity index (χ0) is 22.5. The van der Waals surface area contributed by atoms with E-state index in [1.807, 2.05) is 62.4 Å². The van der Waals surface area contributed by atoms with Gasteiger partial charge >= 0.3 is 11.9 Å². The van der Waals surface area contributed by atoms with Crippen LogP contribution >= 0.6 is 0 Å². The Labute approximate surface area is 181 Å². The van der Waals surface area contributed by atoms with Gasteiger partial charge in [0, 0.05) is 17.9 Å². The summed E-state index contributed by atoms with van der Waals surface area (Å²) >= 11 is 0. The van der Waals surface area contributed by atoms with Crippen LogP contribution < -0.4 is 9.47 Å². The highest BCUT2D eigenvalue weighted by Gasteiger charge is 2.23. The number of carbonyl (C=O) groups is 2. The van der Waals surface area contributed by atoms with E-state index in [9.17, 15) is 14.7 Å². The molecule has 3 rings (SSSR count). The molecule has 0 aliphatic rings. The predicted molar refractivity (Wildman–Crippen MR) is 122 cm³/mol. The number of benzene rings is 3. The first-order valence-electron chi connectivity index (χ1n) is 10.1. The van der Waals surface area contributed by atoms with Gasteiger partial charge in [0.05, 0.1) is 12.7 Å². The first kappa shape index (κ1) is 22.1. The van der Waals surface area contributed by atoms with Crippen LogP contribution in [-0.2, 0) is 16.0 Å². The summed E-state index contributed by atoms with van der Waals surface area (Å²) in [6.07, 6.45) is 2.31. The molecule has 0 unspecified atom stereocenters. The number of rotatable bonds is 7. The number of esters is 1. The molecule has 0 aliphatic heterocycles. The molecular weight excluding hydrogens is 392 g/mol. The molecule has 5 nitrogen and oxygen atoms in total. The summed E-state index contributed by atoms with van der Waals surface area (Å²) in [7, 11) is 1.48. The lowest BCUT2D eigenvalue weighted by Gasteiger charge is -2.18. The molecule has 0 aliphatic carbocycles. The molecule has 0 atom stereocenters. The zero-order valence-electron chi connectivity index (χ0n) is 18.1. The van der Waals surface area contributed by atoms with Crippen LogP contribution in [-0.4, -0.2) is 24.2 Å². The van der Waals surface area contributed by atoms with Crippen LogP contribution in [0.3, 0.4) is 0 Å². The van der Waals surface area contributed by atoms with Crippen molar-refractivity contribution < 1.29 is 24.2 Å². The minimum Gasteiger partial charge on any atom is -0.493 e. The van der Waals surface area contributed by atoms with Gasteiger partial charge in [0.15, 0.2) is 11.5 Å². The standard InChI is InChI=1S/C26H26O5/c1-16(2)13-22(26(28)29)21-15-23(30-4)25(31-17(3)27)24-19(11-8-12-20(21)24)14-18-9-6-5-7-10-18/h5-13,15-16H,14H2,1-4H3,(H,28,29)/b22-13-. The quantitative estimate of drug-likeness (QED) is 0.312. The normalized spacial score (nSPS) is 11.6. The van der Waals surface area contributed by atoms with E-state index in [1.54, 1.807) is 12.1 Å². The Morgan fingerprint density at radius 1 is 1.06 bits per heavy atom. The first-order valence-corrected chi connectivity index (χ1v) is 10.1. The molecule has 0 spiro atoms. The Balaban J connectivity index is 2.39. The Morgan fingerprint density at radius 3 is 2.35 bits per heavy atom. The van der Waals surface area contributed by atoms with Crippen LogP contribution in [0.25, 0.3) is 16.3 Å². The molecule has 0 saturated carbocycles. The molecule has 0 saturated heterocycles. The van der Waals surface area contributed by atoms with Gasteiger partial charge in [-0.1, -0.05) is 68.5 Å². The molecule has 0 amide bonds. The van der Waals surface area contributed by atoms with Gasteiger partial charge in [-0.25, -0.2) is 4.79 Å². The van der Waals surface area contributed by atoms with E-state index >= 15 is 0 Å². The summed E-state index contributed by atoms with van der Waals surface area (Å²) in [5.74, 6) is -0.847. The van der Waals surface area contributed by atoms with E-state index in [-0.39, 0.29) is 11.5 Å². The number of allylic oxidation sites excluding steroid dienone is 1. The molecule has 3 aromatic rings. The van der Waals surface area contributed by atoms with Crippen LogP contribution in [0.5, 0.6) is 11.5 Å². The van der Waals surface area contributed by atoms with Gasteiger partial charge < -0.3 is 14.6 Å². The van der Waals surface area contributed by atoms with E-state index < -0.39 is 11.9 Å². The smallest absolute Gasteiger partial charge is 0.336 e. The van der Waals surface area contributed by atoms with Crippen molar-refractivity contribution in [1.29, 1.82) is 0 Å². The van der Waals surface area contributed by atoms with E-state index in [1.165, 1.54) is 14.0 Å². The average molecular weight is 418 g/mol. The fourth-order valence-corrected chi connectivity index (χ4v) is 3.68. The largest absolute Gasteiger partial charge is 0.493 e. The van der Waals surface area contributed by atoms with Crippen LogP contribution in [0.1, 0.15) is 37.5 Å². The summed E-state index contributed by atoms with van der Waals surface area (Å²) in [4.78, 5) is 24.0. The topological polar surface area (TPSA) is 72.8 Å². The summed E-state index contributed by atoms with van der Waals surface area (Å²) < 4.78 is 11.1. The zero-order valence-corrected chi connectivity index (χ0v) is 18.1. The molecule has 0 heterocycles. The Kier molecular flexibility index (Phi) is 6.75. The molecule has 3 aromatic carbocycles. The fourth-order valence-electron chi connectivity index (χ4n) is 3.68. The number of carboxylic acids is 1. The molecule has 0 radical (unpaired) electrons. The maximum absolute atomic E-state index is 12.1. The van der Waals surface area contributed by atoms with Crippen molar-refractivity contribution >= 4 is 28.3 Å². The average Bonchev–Trinajstić information content (AvgIpc) is 2.72. The molecule has 0 bridgehead atoms.